The summed E-state index contributed by atoms with van der Waals surface area (Å²) in [7, 11) is -3.93. The highest BCUT2D eigenvalue weighted by Gasteiger charge is 2.53. The summed E-state index contributed by atoms with van der Waals surface area (Å²) in [6, 6.07) is 4.75. The highest BCUT2D eigenvalue weighted by Crippen LogP contribution is 2.52. The summed E-state index contributed by atoms with van der Waals surface area (Å²) in [4.78, 5) is 25.4. The van der Waals surface area contributed by atoms with Crippen molar-refractivity contribution in [1.82, 2.24) is 19.8 Å². The number of hydrogen-bond acceptors (Lipinski definition) is 5. The Morgan fingerprint density at radius 3 is 2.21 bits per heavy atom. The summed E-state index contributed by atoms with van der Waals surface area (Å²) in [6.45, 7) is 5.84. The van der Waals surface area contributed by atoms with Crippen LogP contribution in [0.2, 0.25) is 10.0 Å². The lowest BCUT2D eigenvalue weighted by atomic mass is 9.57. The minimum Gasteiger partial charge on any atom is -0.481 e. The van der Waals surface area contributed by atoms with E-state index in [-0.39, 0.29) is 26.5 Å². The van der Waals surface area contributed by atoms with Crippen LogP contribution in [0.1, 0.15) is 102 Å². The molecule has 0 spiro atoms. The maximum Gasteiger partial charge on any atom is 0.309 e. The first kappa shape index (κ1) is 31.3. The molecule has 4 aliphatic carbocycles. The highest BCUT2D eigenvalue weighted by atomic mass is 35.5. The standard InChI is InChI=1S/C30H40Cl2N4O5S/c1-28(2,3)35-42(40,41)23-10-9-20(24(31)25(23)32)22-17-21(34-36(22)18-19-7-5-4-6-8-19)26(37)33-30-14-11-29(12-15-30,13-16-30)27(38)39/h9-10,17,19,35H,4-8,11-16,18H2,1-3H3,(H,33,37)(H,38,39). The van der Waals surface area contributed by atoms with Gasteiger partial charge in [-0.15, -0.1) is 0 Å². The van der Waals surface area contributed by atoms with Crippen molar-refractivity contribution in [3.05, 3.63) is 33.9 Å². The smallest absolute Gasteiger partial charge is 0.309 e. The molecule has 0 unspecified atom stereocenters. The second-order valence-electron chi connectivity index (χ2n) is 13.5. The molecular weight excluding hydrogens is 599 g/mol. The van der Waals surface area contributed by atoms with Gasteiger partial charge in [0.05, 0.1) is 21.2 Å². The maximum atomic E-state index is 13.6. The number of halogens is 2. The Morgan fingerprint density at radius 1 is 1.02 bits per heavy atom. The third-order valence-corrected chi connectivity index (χ3v) is 12.1. The van der Waals surface area contributed by atoms with E-state index in [1.807, 2.05) is 0 Å². The molecule has 6 rings (SSSR count). The van der Waals surface area contributed by atoms with E-state index in [0.717, 1.165) is 25.7 Å². The summed E-state index contributed by atoms with van der Waals surface area (Å²) in [5.74, 6) is -0.645. The van der Waals surface area contributed by atoms with Crippen molar-refractivity contribution in [3.8, 4) is 11.3 Å². The fourth-order valence-corrected chi connectivity index (χ4v) is 9.18. The number of nitrogens with one attached hydrogen (secondary N) is 2. The van der Waals surface area contributed by atoms with Gasteiger partial charge in [-0.25, -0.2) is 13.1 Å². The van der Waals surface area contributed by atoms with Gasteiger partial charge in [0.25, 0.3) is 5.91 Å². The first-order valence-corrected chi connectivity index (χ1v) is 17.0. The number of carbonyl (C=O) groups excluding carboxylic acids is 1. The molecule has 42 heavy (non-hydrogen) atoms. The molecule has 0 radical (unpaired) electrons. The van der Waals surface area contributed by atoms with Crippen LogP contribution >= 0.6 is 23.2 Å². The van der Waals surface area contributed by atoms with Gasteiger partial charge in [0.1, 0.15) is 4.90 Å². The van der Waals surface area contributed by atoms with Crippen LogP contribution in [0.5, 0.6) is 0 Å². The van der Waals surface area contributed by atoms with Crippen molar-refractivity contribution >= 4 is 45.1 Å². The van der Waals surface area contributed by atoms with Gasteiger partial charge < -0.3 is 10.4 Å². The van der Waals surface area contributed by atoms with E-state index >= 15 is 0 Å². The van der Waals surface area contributed by atoms with E-state index in [2.05, 4.69) is 10.0 Å². The largest absolute Gasteiger partial charge is 0.481 e. The number of sulfonamides is 1. The lowest BCUT2D eigenvalue weighted by molar-refractivity contribution is -0.156. The summed E-state index contributed by atoms with van der Waals surface area (Å²) >= 11 is 13.3. The second kappa shape index (κ2) is 11.4. The van der Waals surface area contributed by atoms with E-state index in [9.17, 15) is 23.1 Å². The predicted molar refractivity (Wildman–Crippen MR) is 162 cm³/mol. The number of aliphatic carboxylic acids is 1. The van der Waals surface area contributed by atoms with Crippen LogP contribution in [-0.2, 0) is 21.4 Å². The molecule has 4 aliphatic rings. The third kappa shape index (κ3) is 6.23. The Labute approximate surface area is 257 Å². The molecule has 2 bridgehead atoms. The molecule has 3 N–H and O–H groups in total. The molecule has 9 nitrogen and oxygen atoms in total. The number of rotatable bonds is 8. The first-order chi connectivity index (χ1) is 19.6. The number of hydrogen-bond donors (Lipinski definition) is 3. The van der Waals surface area contributed by atoms with E-state index < -0.39 is 32.5 Å². The van der Waals surface area contributed by atoms with E-state index in [0.29, 0.717) is 62.2 Å². The average Bonchev–Trinajstić information content (AvgIpc) is 3.33. The number of nitrogens with zero attached hydrogens (tertiary/aromatic N) is 2. The van der Waals surface area contributed by atoms with Gasteiger partial charge in [-0.05, 0) is 96.3 Å². The van der Waals surface area contributed by atoms with Crippen LogP contribution < -0.4 is 10.0 Å². The summed E-state index contributed by atoms with van der Waals surface area (Å²) < 4.78 is 30.5. The molecule has 4 fully saturated rings. The molecule has 1 heterocycles. The Kier molecular flexibility index (Phi) is 8.50. The molecule has 1 aromatic carbocycles. The molecule has 0 atom stereocenters. The van der Waals surface area contributed by atoms with E-state index in [1.165, 1.54) is 12.5 Å². The van der Waals surface area contributed by atoms with Gasteiger partial charge in [-0.3, -0.25) is 14.3 Å². The number of amides is 1. The molecule has 1 aromatic heterocycles. The Morgan fingerprint density at radius 2 is 1.64 bits per heavy atom. The summed E-state index contributed by atoms with van der Waals surface area (Å²) in [5.41, 5.74) is -0.468. The summed E-state index contributed by atoms with van der Waals surface area (Å²) in [6.07, 6.45) is 9.18. The van der Waals surface area contributed by atoms with Gasteiger partial charge in [0.2, 0.25) is 10.0 Å². The van der Waals surface area contributed by atoms with Crippen molar-refractivity contribution < 1.29 is 23.1 Å². The highest BCUT2D eigenvalue weighted by molar-refractivity contribution is 7.89. The number of carbonyl (C=O) groups is 2. The van der Waals surface area contributed by atoms with E-state index in [4.69, 9.17) is 28.3 Å². The second-order valence-corrected chi connectivity index (χ2v) is 15.9. The molecule has 1 amide bonds. The quantitative estimate of drug-likeness (QED) is 0.306. The number of benzene rings is 1. The normalized spacial score (nSPS) is 25.0. The Bertz CT molecular complexity index is 1470. The van der Waals surface area contributed by atoms with E-state index in [1.54, 1.807) is 37.6 Å². The SMILES string of the molecule is CC(C)(C)NS(=O)(=O)c1ccc(-c2cc(C(=O)NC34CCC(C(=O)O)(CC3)CC4)nn2CC2CCCCC2)c(Cl)c1Cl. The zero-order valence-electron chi connectivity index (χ0n) is 24.4. The van der Waals surface area contributed by atoms with Crippen LogP contribution in [0, 0.1) is 11.3 Å². The van der Waals surface area contributed by atoms with Gasteiger partial charge in [0, 0.05) is 23.2 Å². The number of carboxylic acids is 1. The van der Waals surface area contributed by atoms with Gasteiger partial charge in [-0.1, -0.05) is 42.5 Å². The Balaban J connectivity index is 1.46. The number of fused-ring (bicyclic) bond motifs is 3. The van der Waals surface area contributed by atoms with Crippen molar-refractivity contribution in [2.24, 2.45) is 11.3 Å². The lowest BCUT2D eigenvalue weighted by Crippen LogP contribution is -2.58. The van der Waals surface area contributed by atoms with Gasteiger partial charge >= 0.3 is 5.97 Å². The van der Waals surface area contributed by atoms with Crippen LogP contribution in [-0.4, -0.2) is 46.3 Å². The topological polar surface area (TPSA) is 130 Å². The first-order valence-electron chi connectivity index (χ1n) is 14.8. The molecule has 0 aliphatic heterocycles. The predicted octanol–water partition coefficient (Wildman–Crippen LogP) is 6.42. The van der Waals surface area contributed by atoms with Crippen LogP contribution in [0.3, 0.4) is 0 Å². The average molecular weight is 640 g/mol. The third-order valence-electron chi connectivity index (χ3n) is 9.30. The van der Waals surface area contributed by atoms with Crippen LogP contribution in [0.25, 0.3) is 11.3 Å². The van der Waals surface area contributed by atoms with Crippen molar-refractivity contribution in [2.45, 2.75) is 114 Å². The zero-order chi connectivity index (χ0) is 30.5. The fraction of sp³-hybridized carbons (Fsp3) is 0.633. The molecule has 0 saturated heterocycles. The molecule has 4 saturated carbocycles. The monoisotopic (exact) mass is 638 g/mol. The molecular formula is C30H40Cl2N4O5S. The van der Waals surface area contributed by atoms with Crippen molar-refractivity contribution in [3.63, 3.8) is 0 Å². The van der Waals surface area contributed by atoms with Crippen LogP contribution in [0.4, 0.5) is 0 Å². The molecule has 12 heteroatoms. The minimum absolute atomic E-state index is 0.0772. The number of aromatic nitrogens is 2. The lowest BCUT2D eigenvalue weighted by Gasteiger charge is -2.51. The van der Waals surface area contributed by atoms with Crippen molar-refractivity contribution in [2.75, 3.05) is 0 Å². The minimum atomic E-state index is -3.93. The summed E-state index contributed by atoms with van der Waals surface area (Å²) in [5, 5.41) is 17.7. The van der Waals surface area contributed by atoms with Crippen LogP contribution in [0.15, 0.2) is 23.1 Å². The fourth-order valence-electron chi connectivity index (χ4n) is 6.89. The molecule has 2 aromatic rings. The number of carboxylic acid groups (broad SMARTS) is 1. The van der Waals surface area contributed by atoms with Gasteiger partial charge in [0.15, 0.2) is 5.69 Å². The molecule has 230 valence electrons. The zero-order valence-corrected chi connectivity index (χ0v) is 26.8. The Hall–Kier alpha value is -2.14. The van der Waals surface area contributed by atoms with Crippen molar-refractivity contribution in [1.29, 1.82) is 0 Å². The maximum absolute atomic E-state index is 13.6. The van der Waals surface area contributed by atoms with Gasteiger partial charge in [-0.2, -0.15) is 5.10 Å².